The molecule has 184 valence electrons. The van der Waals surface area contributed by atoms with E-state index >= 15 is 0 Å². The molecule has 1 N–H and O–H groups in total. The molecule has 0 aromatic carbocycles. The molecule has 0 aliphatic carbocycles. The Morgan fingerprint density at radius 1 is 0.969 bits per heavy atom. The van der Waals surface area contributed by atoms with Gasteiger partial charge in [0, 0.05) is 30.8 Å². The van der Waals surface area contributed by atoms with Crippen molar-refractivity contribution < 1.29 is 23.8 Å². The van der Waals surface area contributed by atoms with Crippen LogP contribution in [0.2, 0.25) is 0 Å². The van der Waals surface area contributed by atoms with Gasteiger partial charge in [0.1, 0.15) is 0 Å². The summed E-state index contributed by atoms with van der Waals surface area (Å²) in [5.74, 6) is -0.702. The van der Waals surface area contributed by atoms with E-state index < -0.39 is 5.97 Å². The first kappa shape index (κ1) is 26.7. The van der Waals surface area contributed by atoms with Crippen LogP contribution in [0.1, 0.15) is 119 Å². The predicted molar refractivity (Wildman–Crippen MR) is 128 cm³/mol. The lowest BCUT2D eigenvalue weighted by Gasteiger charge is -2.33. The number of hydrogen-bond donors (Lipinski definition) is 1. The number of carbonyl (C=O) groups is 1. The van der Waals surface area contributed by atoms with Crippen molar-refractivity contribution in [1.82, 2.24) is 4.90 Å². The highest BCUT2D eigenvalue weighted by atomic mass is 16.6. The Morgan fingerprint density at radius 3 is 2.06 bits per heavy atom. The van der Waals surface area contributed by atoms with Gasteiger partial charge in [-0.15, -0.1) is 0 Å². The van der Waals surface area contributed by atoms with Crippen molar-refractivity contribution in [3.63, 3.8) is 0 Å². The second kappa shape index (κ2) is 16.1. The fourth-order valence-corrected chi connectivity index (χ4v) is 4.55. The Kier molecular flexibility index (Phi) is 13.5. The van der Waals surface area contributed by atoms with E-state index in [-0.39, 0.29) is 11.8 Å². The number of morpholine rings is 1. The molecule has 32 heavy (non-hydrogen) atoms. The van der Waals surface area contributed by atoms with E-state index in [1.165, 1.54) is 64.2 Å². The van der Waals surface area contributed by atoms with Crippen molar-refractivity contribution in [3.05, 3.63) is 17.4 Å². The Labute approximate surface area is 194 Å². The zero-order valence-electron chi connectivity index (χ0n) is 20.4. The van der Waals surface area contributed by atoms with Crippen molar-refractivity contribution in [3.8, 4) is 5.95 Å². The number of carboxylic acids is 1. The lowest BCUT2D eigenvalue weighted by molar-refractivity contribution is 0.0147. The number of rotatable bonds is 18. The van der Waals surface area contributed by atoms with Crippen molar-refractivity contribution >= 4 is 5.97 Å². The highest BCUT2D eigenvalue weighted by molar-refractivity contribution is 5.86. The van der Waals surface area contributed by atoms with Crippen LogP contribution in [0.4, 0.5) is 0 Å². The summed E-state index contributed by atoms with van der Waals surface area (Å²) in [6, 6.07) is 1.80. The molecule has 6 heteroatoms. The Hall–Kier alpha value is -1.53. The predicted octanol–water partition coefficient (Wildman–Crippen LogP) is 6.84. The van der Waals surface area contributed by atoms with Gasteiger partial charge < -0.3 is 19.0 Å². The molecule has 0 bridgehead atoms. The van der Waals surface area contributed by atoms with E-state index in [0.717, 1.165) is 32.4 Å². The number of furan rings is 1. The molecular weight excluding hydrogens is 406 g/mol. The normalized spacial score (nSPS) is 15.7. The lowest BCUT2D eigenvalue weighted by atomic mass is 10.0. The first-order valence-corrected chi connectivity index (χ1v) is 13.0. The van der Waals surface area contributed by atoms with Crippen LogP contribution < -0.4 is 4.74 Å². The third-order valence-corrected chi connectivity index (χ3v) is 6.41. The largest absolute Gasteiger partial charge is 0.475 e. The highest BCUT2D eigenvalue weighted by Gasteiger charge is 2.29. The minimum absolute atomic E-state index is 0.00744. The smallest absolute Gasteiger partial charge is 0.372 e. The van der Waals surface area contributed by atoms with Crippen LogP contribution in [0, 0.1) is 0 Å². The minimum atomic E-state index is -1.04. The van der Waals surface area contributed by atoms with E-state index in [1.807, 2.05) is 0 Å². The number of carboxylic acid groups (broad SMARTS) is 1. The zero-order chi connectivity index (χ0) is 23.0. The van der Waals surface area contributed by atoms with Crippen LogP contribution in [0.3, 0.4) is 0 Å². The van der Waals surface area contributed by atoms with Gasteiger partial charge in [-0.25, -0.2) is 4.79 Å². The van der Waals surface area contributed by atoms with Gasteiger partial charge in [-0.05, 0) is 12.8 Å². The Balaban J connectivity index is 1.65. The molecule has 6 nitrogen and oxygen atoms in total. The second-order valence-electron chi connectivity index (χ2n) is 8.96. The monoisotopic (exact) mass is 451 g/mol. The fourth-order valence-electron chi connectivity index (χ4n) is 4.55. The summed E-state index contributed by atoms with van der Waals surface area (Å²) >= 11 is 0. The summed E-state index contributed by atoms with van der Waals surface area (Å²) in [6.07, 6.45) is 16.4. The van der Waals surface area contributed by atoms with Gasteiger partial charge >= 0.3 is 5.97 Å². The van der Waals surface area contributed by atoms with E-state index in [2.05, 4.69) is 18.7 Å². The van der Waals surface area contributed by atoms with Gasteiger partial charge in [-0.2, -0.15) is 0 Å². The van der Waals surface area contributed by atoms with Crippen LogP contribution in [-0.2, 0) is 4.74 Å². The molecular formula is C26H45NO5. The summed E-state index contributed by atoms with van der Waals surface area (Å²) in [6.45, 7) is 7.87. The van der Waals surface area contributed by atoms with E-state index in [4.69, 9.17) is 13.9 Å². The van der Waals surface area contributed by atoms with E-state index in [0.29, 0.717) is 31.3 Å². The molecule has 1 unspecified atom stereocenters. The molecule has 0 amide bonds. The molecule has 0 radical (unpaired) electrons. The van der Waals surface area contributed by atoms with Gasteiger partial charge in [0.15, 0.2) is 0 Å². The molecule has 1 aromatic heterocycles. The van der Waals surface area contributed by atoms with Crippen LogP contribution in [-0.4, -0.2) is 48.9 Å². The summed E-state index contributed by atoms with van der Waals surface area (Å²) in [5, 5.41) is 9.61. The third kappa shape index (κ3) is 9.53. The Bertz CT molecular complexity index is 624. The average molecular weight is 452 g/mol. The summed E-state index contributed by atoms with van der Waals surface area (Å²) in [5.41, 5.74) is 0.714. The molecule has 1 aliphatic heterocycles. The number of hydrogen-bond acceptors (Lipinski definition) is 5. The molecule has 1 saturated heterocycles. The maximum absolute atomic E-state index is 11.7. The van der Waals surface area contributed by atoms with Crippen molar-refractivity contribution in [1.29, 1.82) is 0 Å². The molecule has 1 aliphatic rings. The maximum atomic E-state index is 11.7. The van der Waals surface area contributed by atoms with Crippen LogP contribution >= 0.6 is 0 Å². The second-order valence-corrected chi connectivity index (χ2v) is 8.96. The zero-order valence-corrected chi connectivity index (χ0v) is 20.4. The topological polar surface area (TPSA) is 72.1 Å². The van der Waals surface area contributed by atoms with Crippen molar-refractivity contribution in [2.75, 3.05) is 32.9 Å². The van der Waals surface area contributed by atoms with Crippen LogP contribution in [0.25, 0.3) is 0 Å². The first-order chi connectivity index (χ1) is 15.7. The molecule has 0 saturated carbocycles. The standard InChI is InChI=1S/C26H45NO5/c1-3-5-6-7-8-9-10-11-12-13-14-15-18-31-24-21-22(25(32-24)26(28)29)23(4-2)27-16-19-30-20-17-27/h21,23H,3-20H2,1-2H3,(H,28,29). The molecule has 0 spiro atoms. The molecule has 1 atom stereocenters. The van der Waals surface area contributed by atoms with E-state index in [1.54, 1.807) is 6.07 Å². The quantitative estimate of drug-likeness (QED) is 0.246. The number of nitrogens with zero attached hydrogens (tertiary/aromatic N) is 1. The van der Waals surface area contributed by atoms with Crippen LogP contribution in [0.5, 0.6) is 5.95 Å². The highest BCUT2D eigenvalue weighted by Crippen LogP contribution is 2.33. The van der Waals surface area contributed by atoms with Gasteiger partial charge in [0.05, 0.1) is 19.8 Å². The van der Waals surface area contributed by atoms with Gasteiger partial charge in [0.25, 0.3) is 5.95 Å². The number of ether oxygens (including phenoxy) is 2. The van der Waals surface area contributed by atoms with Gasteiger partial charge in [-0.3, -0.25) is 4.90 Å². The van der Waals surface area contributed by atoms with Crippen LogP contribution in [0.15, 0.2) is 10.5 Å². The molecule has 2 heterocycles. The number of aromatic carboxylic acids is 1. The molecule has 2 rings (SSSR count). The summed E-state index contributed by atoms with van der Waals surface area (Å²) in [4.78, 5) is 14.0. The van der Waals surface area contributed by atoms with E-state index in [9.17, 15) is 9.90 Å². The van der Waals surface area contributed by atoms with Gasteiger partial charge in [0.2, 0.25) is 5.76 Å². The Morgan fingerprint density at radius 2 is 1.53 bits per heavy atom. The maximum Gasteiger partial charge on any atom is 0.372 e. The lowest BCUT2D eigenvalue weighted by Crippen LogP contribution is -2.39. The minimum Gasteiger partial charge on any atom is -0.475 e. The number of unbranched alkanes of at least 4 members (excludes halogenated alkanes) is 11. The third-order valence-electron chi connectivity index (χ3n) is 6.41. The van der Waals surface area contributed by atoms with Crippen molar-refractivity contribution in [2.45, 2.75) is 103 Å². The van der Waals surface area contributed by atoms with Gasteiger partial charge in [-0.1, -0.05) is 84.5 Å². The average Bonchev–Trinajstić information content (AvgIpc) is 3.22. The first-order valence-electron chi connectivity index (χ1n) is 13.0. The molecule has 1 fully saturated rings. The SMILES string of the molecule is CCCCCCCCCCCCCCOc1cc(C(CC)N2CCOCC2)c(C(=O)O)o1. The summed E-state index contributed by atoms with van der Waals surface area (Å²) < 4.78 is 16.8. The fraction of sp³-hybridized carbons (Fsp3) is 0.808. The van der Waals surface area contributed by atoms with Crippen molar-refractivity contribution in [2.24, 2.45) is 0 Å². The molecule has 1 aromatic rings. The summed E-state index contributed by atoms with van der Waals surface area (Å²) in [7, 11) is 0.